The van der Waals surface area contributed by atoms with Crippen LogP contribution in [0, 0.1) is 22.7 Å². The van der Waals surface area contributed by atoms with Crippen molar-refractivity contribution in [1.82, 2.24) is 4.98 Å². The molecule has 0 spiro atoms. The summed E-state index contributed by atoms with van der Waals surface area (Å²) in [5.74, 6) is 0. The summed E-state index contributed by atoms with van der Waals surface area (Å²) >= 11 is 0. The van der Waals surface area contributed by atoms with Gasteiger partial charge in [0.25, 0.3) is 0 Å². The van der Waals surface area contributed by atoms with Gasteiger partial charge in [-0.05, 0) is 29.8 Å². The lowest BCUT2D eigenvalue weighted by Crippen LogP contribution is -2.75. The number of halogens is 24. The van der Waals surface area contributed by atoms with E-state index in [0.717, 1.165) is 5.56 Å². The minimum absolute atomic E-state index is 0.135. The number of benzene rings is 5. The van der Waals surface area contributed by atoms with Crippen LogP contribution in [0.3, 0.4) is 0 Å². The van der Waals surface area contributed by atoms with E-state index in [2.05, 4.69) is 4.98 Å². The van der Waals surface area contributed by atoms with Crippen molar-refractivity contribution in [3.05, 3.63) is 184 Å². The Bertz CT molecular complexity index is 2730. The zero-order valence-corrected chi connectivity index (χ0v) is 36.8. The average Bonchev–Trinajstić information content (AvgIpc) is 3.30. The fourth-order valence-corrected chi connectivity index (χ4v) is 7.82. The molecule has 1 aromatic heterocycles. The molecule has 1 heterocycles. The topological polar surface area (TPSA) is 64.3 Å². The Kier molecular flexibility index (Phi) is 16.2. The third-order valence-corrected chi connectivity index (χ3v) is 11.1. The molecule has 0 aliphatic carbocycles. The molecule has 0 saturated heterocycles. The molecule has 4 nitrogen and oxygen atoms in total. The third kappa shape index (κ3) is 13.6. The molecule has 0 aliphatic rings. The minimum atomic E-state index is -6.13. The number of nitriles is 2. The van der Waals surface area contributed by atoms with E-state index in [1.807, 2.05) is 47.0 Å². The maximum Gasteiger partial charge on any atom is 0.416 e. The van der Waals surface area contributed by atoms with Crippen molar-refractivity contribution in [1.29, 1.82) is 10.5 Å². The van der Waals surface area contributed by atoms with Crippen molar-refractivity contribution in [2.24, 2.45) is 0 Å². The highest BCUT2D eigenvalue weighted by Gasteiger charge is 2.47. The summed E-state index contributed by atoms with van der Waals surface area (Å²) in [5.41, 5.74) is -28.5. The lowest BCUT2D eigenvalue weighted by atomic mass is 9.12. The van der Waals surface area contributed by atoms with Crippen molar-refractivity contribution in [2.45, 2.75) is 56.0 Å². The molecular formula is C47H23BF24N4. The van der Waals surface area contributed by atoms with Crippen LogP contribution in [0.1, 0.15) is 50.1 Å². The highest BCUT2D eigenvalue weighted by Crippen LogP contribution is 2.41. The van der Waals surface area contributed by atoms with Gasteiger partial charge in [0.15, 0.2) is 18.9 Å². The van der Waals surface area contributed by atoms with Crippen molar-refractivity contribution in [2.75, 3.05) is 0 Å². The van der Waals surface area contributed by atoms with Crippen LogP contribution >= 0.6 is 0 Å². The Morgan fingerprint density at radius 2 is 0.618 bits per heavy atom. The summed E-state index contributed by atoms with van der Waals surface area (Å²) in [5, 5.41) is 18.2. The molecule has 6 rings (SSSR count). The zero-order chi connectivity index (χ0) is 57.4. The van der Waals surface area contributed by atoms with Gasteiger partial charge in [-0.2, -0.15) is 142 Å². The predicted octanol–water partition coefficient (Wildman–Crippen LogP) is 13.1. The largest absolute Gasteiger partial charge is 0.416 e. The SMILES string of the molecule is FC(F)(F)c1cc([B-](c2cc(C(F)(F)F)cc(C(F)(F)F)c2)(c2cc(C(F)(F)F)cc(C(F)(F)F)c2)c2cc(C(F)(F)F)cc(C(F)(F)F)c2)cc(C(F)(F)F)c1.N#CC(C#N)=C(C[n+]1ccncc1)c1ccccc1. The number of nitrogens with zero attached hydrogens (tertiary/aromatic N) is 4. The third-order valence-electron chi connectivity index (χ3n) is 11.1. The highest BCUT2D eigenvalue weighted by molar-refractivity contribution is 7.20. The first-order valence-corrected chi connectivity index (χ1v) is 20.3. The van der Waals surface area contributed by atoms with Crippen molar-refractivity contribution < 1.29 is 110 Å². The summed E-state index contributed by atoms with van der Waals surface area (Å²) < 4.78 is 343. The van der Waals surface area contributed by atoms with Crippen LogP contribution in [0.4, 0.5) is 105 Å². The van der Waals surface area contributed by atoms with E-state index in [-0.39, 0.29) is 5.57 Å². The molecule has 29 heteroatoms. The summed E-state index contributed by atoms with van der Waals surface area (Å²) in [6, 6.07) is 4.58. The Labute approximate surface area is 410 Å². The first-order chi connectivity index (χ1) is 34.6. The quantitative estimate of drug-likeness (QED) is 0.0692. The molecule has 0 N–H and O–H groups in total. The van der Waals surface area contributed by atoms with E-state index in [1.165, 1.54) is 0 Å². The van der Waals surface area contributed by atoms with Gasteiger partial charge in [-0.25, -0.2) is 0 Å². The summed E-state index contributed by atoms with van der Waals surface area (Å²) in [6.45, 7) is 0.461. The minimum Gasteiger partial charge on any atom is -0.252 e. The first kappa shape index (κ1) is 59.2. The van der Waals surface area contributed by atoms with E-state index < -0.39 is 195 Å². The van der Waals surface area contributed by atoms with E-state index >= 15 is 0 Å². The van der Waals surface area contributed by atoms with Crippen LogP contribution < -0.4 is 26.4 Å². The van der Waals surface area contributed by atoms with Gasteiger partial charge in [-0.15, -0.1) is 0 Å². The smallest absolute Gasteiger partial charge is 0.252 e. The molecule has 6 aromatic rings. The van der Waals surface area contributed by atoms with Gasteiger partial charge in [0, 0.05) is 0 Å². The lowest BCUT2D eigenvalue weighted by Gasteiger charge is -2.46. The number of rotatable bonds is 7. The predicted molar refractivity (Wildman–Crippen MR) is 219 cm³/mol. The number of hydrogen-bond donors (Lipinski definition) is 0. The molecule has 0 bridgehead atoms. The molecule has 0 aliphatic heterocycles. The Balaban J connectivity index is 0.000000468. The number of hydrogen-bond acceptors (Lipinski definition) is 3. The Hall–Kier alpha value is -7.72. The molecular weight excluding hydrogens is 1090 g/mol. The molecule has 0 atom stereocenters. The molecule has 0 fully saturated rings. The van der Waals surface area contributed by atoms with E-state index in [9.17, 15) is 105 Å². The summed E-state index contributed by atoms with van der Waals surface area (Å²) in [6.07, 6.45) is -47.9. The normalized spacial score (nSPS) is 13.0. The van der Waals surface area contributed by atoms with Crippen LogP contribution in [-0.2, 0) is 56.0 Å². The second-order valence-electron chi connectivity index (χ2n) is 16.1. The van der Waals surface area contributed by atoms with Crippen LogP contribution in [0.15, 0.2) is 133 Å². The highest BCUT2D eigenvalue weighted by atomic mass is 19.4. The monoisotopic (exact) mass is 1110 g/mol. The fourth-order valence-electron chi connectivity index (χ4n) is 7.82. The molecule has 76 heavy (non-hydrogen) atoms. The maximum absolute atomic E-state index is 14.2. The van der Waals surface area contributed by atoms with Gasteiger partial charge in [0.2, 0.25) is 0 Å². The van der Waals surface area contributed by atoms with Crippen LogP contribution in [0.25, 0.3) is 5.57 Å². The maximum atomic E-state index is 14.2. The summed E-state index contributed by atoms with van der Waals surface area (Å²) in [7, 11) is 0. The van der Waals surface area contributed by atoms with Gasteiger partial charge in [-0.3, -0.25) is 4.98 Å². The molecule has 5 aromatic carbocycles. The second-order valence-corrected chi connectivity index (χ2v) is 16.1. The van der Waals surface area contributed by atoms with Crippen LogP contribution in [-0.4, -0.2) is 11.1 Å². The standard InChI is InChI=1S/C32H12BF24.C15H11N4/c34-25(35,36)13-1-14(26(37,38)39)6-21(5-13)33(22-7-15(27(40,41)42)2-16(8-22)28(43,44)45,23-9-17(29(46,47)48)3-18(10-23)30(49,50)51)24-11-19(31(52,53)54)4-20(12-24)32(55,56)57;16-10-14(11-17)15(13-4-2-1-3-5-13)12-19-8-6-18-7-9-19/h1-12H;1-9H,12H2/q-1;+1. The number of alkyl halides is 24. The second kappa shape index (κ2) is 20.8. The Morgan fingerprint density at radius 3 is 0.829 bits per heavy atom. The van der Waals surface area contributed by atoms with Crippen molar-refractivity contribution in [3.63, 3.8) is 0 Å². The average molecular weight is 1110 g/mol. The molecule has 402 valence electrons. The van der Waals surface area contributed by atoms with Crippen LogP contribution in [0.2, 0.25) is 0 Å². The van der Waals surface area contributed by atoms with Crippen molar-refractivity contribution in [3.8, 4) is 12.1 Å². The van der Waals surface area contributed by atoms with Gasteiger partial charge in [-0.1, -0.05) is 78.9 Å². The van der Waals surface area contributed by atoms with Crippen LogP contribution in [0.5, 0.6) is 0 Å². The zero-order valence-electron chi connectivity index (χ0n) is 36.8. The molecule has 0 unspecified atom stereocenters. The number of aromatic nitrogens is 2. The first-order valence-electron chi connectivity index (χ1n) is 20.3. The van der Waals surface area contributed by atoms with E-state index in [4.69, 9.17) is 10.5 Å². The van der Waals surface area contributed by atoms with E-state index in [0.29, 0.717) is 12.1 Å². The molecule has 0 amide bonds. The Morgan fingerprint density at radius 1 is 0.382 bits per heavy atom. The van der Waals surface area contributed by atoms with Gasteiger partial charge in [0.05, 0.1) is 62.5 Å². The molecule has 0 radical (unpaired) electrons. The lowest BCUT2D eigenvalue weighted by molar-refractivity contribution is -0.684. The molecule has 0 saturated carbocycles. The van der Waals surface area contributed by atoms with Gasteiger partial charge in [0.1, 0.15) is 23.9 Å². The summed E-state index contributed by atoms with van der Waals surface area (Å²) in [4.78, 5) is 3.94. The van der Waals surface area contributed by atoms with Gasteiger partial charge >= 0.3 is 49.4 Å². The van der Waals surface area contributed by atoms with Gasteiger partial charge < -0.3 is 0 Å². The number of allylic oxidation sites excluding steroid dienone is 2. The van der Waals surface area contributed by atoms with Crippen molar-refractivity contribution >= 4 is 33.6 Å². The van der Waals surface area contributed by atoms with E-state index in [1.54, 1.807) is 24.8 Å². The fraction of sp³-hybridized carbons (Fsp3) is 0.191.